The van der Waals surface area contributed by atoms with Crippen molar-refractivity contribution in [2.24, 2.45) is 0 Å². The lowest BCUT2D eigenvalue weighted by atomic mass is 10.2. The predicted molar refractivity (Wildman–Crippen MR) is 81.3 cm³/mol. The van der Waals surface area contributed by atoms with Crippen molar-refractivity contribution in [1.82, 2.24) is 15.5 Å². The molecule has 1 aliphatic rings. The molecule has 4 N–H and O–H groups in total. The number of hydrogen-bond donors (Lipinski definition) is 3. The van der Waals surface area contributed by atoms with Crippen molar-refractivity contribution < 1.29 is 14.3 Å². The minimum absolute atomic E-state index is 0.104. The Labute approximate surface area is 131 Å². The van der Waals surface area contributed by atoms with Gasteiger partial charge in [-0.15, -0.1) is 0 Å². The van der Waals surface area contributed by atoms with Gasteiger partial charge in [-0.3, -0.25) is 9.89 Å². The van der Waals surface area contributed by atoms with E-state index < -0.39 is 0 Å². The number of nitrogens with two attached hydrogens (primary N) is 1. The number of anilines is 1. The van der Waals surface area contributed by atoms with Gasteiger partial charge in [0.05, 0.1) is 0 Å². The molecule has 0 saturated carbocycles. The van der Waals surface area contributed by atoms with Crippen LogP contribution in [-0.4, -0.2) is 35.4 Å². The van der Waals surface area contributed by atoms with Crippen LogP contribution >= 0.6 is 11.6 Å². The molecule has 116 valence electrons. The summed E-state index contributed by atoms with van der Waals surface area (Å²) in [5.41, 5.74) is 5.64. The molecule has 0 bridgehead atoms. The smallest absolute Gasteiger partial charge is 0.270 e. The first-order valence-electron chi connectivity index (χ1n) is 6.81. The van der Waals surface area contributed by atoms with E-state index in [4.69, 9.17) is 26.8 Å². The SMILES string of the molecule is Nc1n[nH]c(C(=O)NCCC2COc3ccccc3O2)c1Cl. The van der Waals surface area contributed by atoms with Crippen molar-refractivity contribution in [3.63, 3.8) is 0 Å². The number of nitrogens with one attached hydrogen (secondary N) is 2. The molecule has 22 heavy (non-hydrogen) atoms. The predicted octanol–water partition coefficient (Wildman–Crippen LogP) is 1.61. The number of nitrogens with zero attached hydrogens (tertiary/aromatic N) is 1. The van der Waals surface area contributed by atoms with Crippen molar-refractivity contribution in [2.45, 2.75) is 12.5 Å². The minimum atomic E-state index is -0.355. The van der Waals surface area contributed by atoms with Gasteiger partial charge in [-0.05, 0) is 12.1 Å². The number of para-hydroxylation sites is 2. The highest BCUT2D eigenvalue weighted by atomic mass is 35.5. The number of amides is 1. The highest BCUT2D eigenvalue weighted by molar-refractivity contribution is 6.35. The number of ether oxygens (including phenoxy) is 2. The number of fused-ring (bicyclic) bond motifs is 1. The average molecular weight is 323 g/mol. The Bertz CT molecular complexity index is 688. The van der Waals surface area contributed by atoms with Crippen molar-refractivity contribution in [3.05, 3.63) is 35.0 Å². The lowest BCUT2D eigenvalue weighted by Crippen LogP contribution is -2.34. The van der Waals surface area contributed by atoms with E-state index in [0.717, 1.165) is 11.5 Å². The molecule has 0 radical (unpaired) electrons. The Kier molecular flexibility index (Phi) is 4.06. The molecule has 2 aromatic rings. The highest BCUT2D eigenvalue weighted by Gasteiger charge is 2.21. The van der Waals surface area contributed by atoms with Crippen molar-refractivity contribution in [2.75, 3.05) is 18.9 Å². The van der Waals surface area contributed by atoms with Gasteiger partial charge < -0.3 is 20.5 Å². The first-order chi connectivity index (χ1) is 10.6. The summed E-state index contributed by atoms with van der Waals surface area (Å²) < 4.78 is 11.4. The fraction of sp³-hybridized carbons (Fsp3) is 0.286. The van der Waals surface area contributed by atoms with Crippen LogP contribution in [0.25, 0.3) is 0 Å². The monoisotopic (exact) mass is 322 g/mol. The standard InChI is InChI=1S/C14H15ClN4O3/c15-11-12(18-19-13(11)16)14(20)17-6-5-8-7-21-9-3-1-2-4-10(9)22-8/h1-4,8H,5-7H2,(H,17,20)(H3,16,18,19). The van der Waals surface area contributed by atoms with Gasteiger partial charge >= 0.3 is 0 Å². The topological polar surface area (TPSA) is 102 Å². The maximum absolute atomic E-state index is 11.9. The van der Waals surface area contributed by atoms with Crippen LogP contribution in [0.5, 0.6) is 11.5 Å². The van der Waals surface area contributed by atoms with Crippen molar-refractivity contribution in [1.29, 1.82) is 0 Å². The molecule has 1 unspecified atom stereocenters. The summed E-state index contributed by atoms with van der Waals surface area (Å²) in [7, 11) is 0. The molecule has 0 aliphatic carbocycles. The van der Waals surface area contributed by atoms with Crippen molar-refractivity contribution in [3.8, 4) is 11.5 Å². The molecule has 7 nitrogen and oxygen atoms in total. The van der Waals surface area contributed by atoms with Crippen LogP contribution < -0.4 is 20.5 Å². The molecule has 1 aromatic carbocycles. The van der Waals surface area contributed by atoms with Gasteiger partial charge in [0.1, 0.15) is 23.4 Å². The lowest BCUT2D eigenvalue weighted by molar-refractivity contribution is 0.0811. The number of benzene rings is 1. The number of aromatic nitrogens is 2. The summed E-state index contributed by atoms with van der Waals surface area (Å²) in [4.78, 5) is 11.9. The van der Waals surface area contributed by atoms with Gasteiger partial charge in [-0.2, -0.15) is 5.10 Å². The van der Waals surface area contributed by atoms with E-state index in [1.807, 2.05) is 24.3 Å². The molecule has 1 aliphatic heterocycles. The van der Waals surface area contributed by atoms with Crippen LogP contribution in [0.3, 0.4) is 0 Å². The first-order valence-corrected chi connectivity index (χ1v) is 7.19. The van der Waals surface area contributed by atoms with Crippen LogP contribution in [-0.2, 0) is 0 Å². The third kappa shape index (κ3) is 2.94. The maximum atomic E-state index is 11.9. The summed E-state index contributed by atoms with van der Waals surface area (Å²) >= 11 is 5.86. The summed E-state index contributed by atoms with van der Waals surface area (Å²) in [6.45, 7) is 0.870. The van der Waals surface area contributed by atoms with Gasteiger partial charge in [0.2, 0.25) is 0 Å². The van der Waals surface area contributed by atoms with Gasteiger partial charge in [0.25, 0.3) is 5.91 Å². The molecular weight excluding hydrogens is 308 g/mol. The third-order valence-electron chi connectivity index (χ3n) is 3.28. The van der Waals surface area contributed by atoms with Gasteiger partial charge in [0, 0.05) is 13.0 Å². The van der Waals surface area contributed by atoms with Gasteiger partial charge in [0.15, 0.2) is 17.3 Å². The van der Waals surface area contributed by atoms with Crippen LogP contribution in [0.2, 0.25) is 5.02 Å². The Morgan fingerprint density at radius 1 is 1.45 bits per heavy atom. The fourth-order valence-electron chi connectivity index (χ4n) is 2.13. The zero-order chi connectivity index (χ0) is 15.5. The van der Waals surface area contributed by atoms with E-state index in [0.29, 0.717) is 19.6 Å². The first kappa shape index (κ1) is 14.5. The van der Waals surface area contributed by atoms with Crippen LogP contribution in [0, 0.1) is 0 Å². The largest absolute Gasteiger partial charge is 0.486 e. The molecular formula is C14H15ClN4O3. The molecule has 8 heteroatoms. The average Bonchev–Trinajstić information content (AvgIpc) is 2.87. The van der Waals surface area contributed by atoms with Gasteiger partial charge in [-0.25, -0.2) is 0 Å². The number of carbonyl (C=O) groups excluding carboxylic acids is 1. The lowest BCUT2D eigenvalue weighted by Gasteiger charge is -2.26. The van der Waals surface area contributed by atoms with Gasteiger partial charge in [-0.1, -0.05) is 23.7 Å². The second-order valence-corrected chi connectivity index (χ2v) is 5.22. The second-order valence-electron chi connectivity index (χ2n) is 4.84. The molecule has 0 spiro atoms. The molecule has 3 rings (SSSR count). The highest BCUT2D eigenvalue weighted by Crippen LogP contribution is 2.31. The summed E-state index contributed by atoms with van der Waals surface area (Å²) in [5, 5.41) is 9.04. The normalized spacial score (nSPS) is 16.3. The molecule has 2 heterocycles. The van der Waals surface area contributed by atoms with E-state index in [2.05, 4.69) is 15.5 Å². The second kappa shape index (κ2) is 6.15. The minimum Gasteiger partial charge on any atom is -0.486 e. The summed E-state index contributed by atoms with van der Waals surface area (Å²) in [6.07, 6.45) is 0.499. The number of hydrogen-bond acceptors (Lipinski definition) is 5. The number of aromatic amines is 1. The molecule has 0 saturated heterocycles. The Morgan fingerprint density at radius 3 is 2.95 bits per heavy atom. The zero-order valence-corrected chi connectivity index (χ0v) is 12.4. The van der Waals surface area contributed by atoms with Crippen LogP contribution in [0.1, 0.15) is 16.9 Å². The Morgan fingerprint density at radius 2 is 2.23 bits per heavy atom. The Balaban J connectivity index is 1.50. The quantitative estimate of drug-likeness (QED) is 0.793. The summed E-state index contributed by atoms with van der Waals surface area (Å²) in [5.74, 6) is 1.20. The van der Waals surface area contributed by atoms with E-state index >= 15 is 0 Å². The zero-order valence-electron chi connectivity index (χ0n) is 11.6. The molecule has 0 fully saturated rings. The van der Waals surface area contributed by atoms with E-state index in [1.165, 1.54) is 0 Å². The molecule has 1 atom stereocenters. The number of halogens is 1. The maximum Gasteiger partial charge on any atom is 0.270 e. The molecule has 1 amide bonds. The van der Waals surface area contributed by atoms with Crippen LogP contribution in [0.4, 0.5) is 5.82 Å². The number of rotatable bonds is 4. The van der Waals surface area contributed by atoms with Crippen LogP contribution in [0.15, 0.2) is 24.3 Å². The fourth-order valence-corrected chi connectivity index (χ4v) is 2.30. The number of H-pyrrole nitrogens is 1. The van der Waals surface area contributed by atoms with E-state index in [-0.39, 0.29) is 28.5 Å². The van der Waals surface area contributed by atoms with Crippen molar-refractivity contribution >= 4 is 23.3 Å². The molecule has 1 aromatic heterocycles. The number of carbonyl (C=O) groups is 1. The van der Waals surface area contributed by atoms with E-state index in [1.54, 1.807) is 0 Å². The summed E-state index contributed by atoms with van der Waals surface area (Å²) in [6, 6.07) is 7.49. The number of nitrogen functional groups attached to an aromatic ring is 1. The Hall–Kier alpha value is -2.41. The van der Waals surface area contributed by atoms with E-state index in [9.17, 15) is 4.79 Å². The third-order valence-corrected chi connectivity index (χ3v) is 3.66.